The first-order chi connectivity index (χ1) is 11.1. The van der Waals surface area contributed by atoms with Crippen LogP contribution in [0.2, 0.25) is 0 Å². The summed E-state index contributed by atoms with van der Waals surface area (Å²) in [7, 11) is 4.27. The fraction of sp³-hybridized carbons (Fsp3) is 0.412. The standard InChI is InChI=1S/C17H22N4OS.ClH/c1-20-9-6-12(7-10-20)21(2)15-5-3-4-14(19-15)13-8-11-23-16(13)17(18)22;/h3-5,8,11-12H,6-7,9-10H2,1-2H3,(H2,18,22);1H. The number of nitrogens with zero attached hydrogens (tertiary/aromatic N) is 3. The van der Waals surface area contributed by atoms with E-state index in [0.29, 0.717) is 10.9 Å². The van der Waals surface area contributed by atoms with E-state index in [1.54, 1.807) is 0 Å². The van der Waals surface area contributed by atoms with Gasteiger partial charge in [0.1, 0.15) is 10.7 Å². The van der Waals surface area contributed by atoms with Crippen LogP contribution in [0.1, 0.15) is 22.5 Å². The van der Waals surface area contributed by atoms with Crippen LogP contribution in [0.25, 0.3) is 11.3 Å². The van der Waals surface area contributed by atoms with Crippen LogP contribution in [0.4, 0.5) is 5.82 Å². The molecule has 0 unspecified atom stereocenters. The first-order valence-corrected chi connectivity index (χ1v) is 8.70. The molecule has 130 valence electrons. The number of pyridine rings is 1. The SMILES string of the molecule is CN1CCC(N(C)c2cccc(-c3ccsc3C(N)=O)n2)CC1.Cl. The van der Waals surface area contributed by atoms with Crippen molar-refractivity contribution in [2.45, 2.75) is 18.9 Å². The van der Waals surface area contributed by atoms with Crippen molar-refractivity contribution < 1.29 is 4.79 Å². The van der Waals surface area contributed by atoms with Gasteiger partial charge < -0.3 is 15.5 Å². The summed E-state index contributed by atoms with van der Waals surface area (Å²) in [4.78, 5) is 21.5. The van der Waals surface area contributed by atoms with Gasteiger partial charge in [0.05, 0.1) is 5.69 Å². The van der Waals surface area contributed by atoms with Crippen molar-refractivity contribution in [2.75, 3.05) is 32.1 Å². The predicted octanol–water partition coefficient (Wildman–Crippen LogP) is 2.86. The van der Waals surface area contributed by atoms with Crippen molar-refractivity contribution in [2.24, 2.45) is 5.73 Å². The Bertz CT molecular complexity index is 697. The second-order valence-electron chi connectivity index (χ2n) is 6.05. The number of nitrogens with two attached hydrogens (primary N) is 1. The van der Waals surface area contributed by atoms with Crippen molar-refractivity contribution in [3.05, 3.63) is 34.5 Å². The monoisotopic (exact) mass is 366 g/mol. The zero-order valence-corrected chi connectivity index (χ0v) is 15.6. The van der Waals surface area contributed by atoms with Crippen LogP contribution >= 0.6 is 23.7 Å². The van der Waals surface area contributed by atoms with E-state index in [0.717, 1.165) is 43.0 Å². The van der Waals surface area contributed by atoms with E-state index in [2.05, 4.69) is 23.9 Å². The van der Waals surface area contributed by atoms with Gasteiger partial charge in [0.2, 0.25) is 0 Å². The maximum Gasteiger partial charge on any atom is 0.259 e. The Kier molecular flexibility index (Phi) is 6.21. The number of primary amides is 1. The van der Waals surface area contributed by atoms with Crippen molar-refractivity contribution in [3.63, 3.8) is 0 Å². The van der Waals surface area contributed by atoms with Gasteiger partial charge in [-0.3, -0.25) is 4.79 Å². The average molecular weight is 367 g/mol. The molecule has 0 saturated carbocycles. The lowest BCUT2D eigenvalue weighted by Crippen LogP contribution is -2.42. The molecule has 1 fully saturated rings. The van der Waals surface area contributed by atoms with Gasteiger partial charge in [0.25, 0.3) is 5.91 Å². The van der Waals surface area contributed by atoms with Gasteiger partial charge in [0.15, 0.2) is 0 Å². The second kappa shape index (κ2) is 7.96. The summed E-state index contributed by atoms with van der Waals surface area (Å²) < 4.78 is 0. The molecule has 0 bridgehead atoms. The molecule has 0 radical (unpaired) electrons. The molecule has 2 aromatic rings. The number of hydrogen-bond acceptors (Lipinski definition) is 5. The van der Waals surface area contributed by atoms with Gasteiger partial charge in [-0.05, 0) is 56.6 Å². The van der Waals surface area contributed by atoms with E-state index < -0.39 is 5.91 Å². The van der Waals surface area contributed by atoms with Crippen LogP contribution in [0, 0.1) is 0 Å². The Balaban J connectivity index is 0.00000208. The Morgan fingerprint density at radius 2 is 2.04 bits per heavy atom. The predicted molar refractivity (Wildman–Crippen MR) is 102 cm³/mol. The van der Waals surface area contributed by atoms with Gasteiger partial charge in [0, 0.05) is 18.7 Å². The summed E-state index contributed by atoms with van der Waals surface area (Å²) in [5.74, 6) is 0.546. The van der Waals surface area contributed by atoms with Crippen LogP contribution in [0.5, 0.6) is 0 Å². The van der Waals surface area contributed by atoms with Crippen molar-refractivity contribution in [1.82, 2.24) is 9.88 Å². The number of hydrogen-bond donors (Lipinski definition) is 1. The third-order valence-corrected chi connectivity index (χ3v) is 5.43. The highest BCUT2D eigenvalue weighted by molar-refractivity contribution is 7.12. The number of carbonyl (C=O) groups is 1. The minimum absolute atomic E-state index is 0. The lowest BCUT2D eigenvalue weighted by atomic mass is 10.0. The van der Waals surface area contributed by atoms with E-state index in [-0.39, 0.29) is 12.4 Å². The molecule has 1 aliphatic heterocycles. The quantitative estimate of drug-likeness (QED) is 0.903. The van der Waals surface area contributed by atoms with Crippen molar-refractivity contribution in [1.29, 1.82) is 0 Å². The molecule has 0 atom stereocenters. The topological polar surface area (TPSA) is 62.5 Å². The molecule has 3 heterocycles. The fourth-order valence-corrected chi connectivity index (χ4v) is 3.80. The zero-order valence-electron chi connectivity index (χ0n) is 13.9. The minimum atomic E-state index is -0.397. The summed E-state index contributed by atoms with van der Waals surface area (Å²) in [6.07, 6.45) is 2.29. The number of likely N-dealkylation sites (tertiary alicyclic amines) is 1. The molecular weight excluding hydrogens is 344 g/mol. The Morgan fingerprint density at radius 1 is 1.33 bits per heavy atom. The third kappa shape index (κ3) is 3.88. The molecule has 1 amide bonds. The van der Waals surface area contributed by atoms with Crippen molar-refractivity contribution in [3.8, 4) is 11.3 Å². The molecule has 1 aliphatic rings. The number of halogens is 1. The number of rotatable bonds is 4. The molecule has 1 saturated heterocycles. The Labute approximate surface area is 152 Å². The van der Waals surface area contributed by atoms with E-state index in [4.69, 9.17) is 10.7 Å². The minimum Gasteiger partial charge on any atom is -0.365 e. The fourth-order valence-electron chi connectivity index (χ4n) is 3.04. The molecule has 5 nitrogen and oxygen atoms in total. The van der Waals surface area contributed by atoms with E-state index in [9.17, 15) is 4.79 Å². The zero-order chi connectivity index (χ0) is 16.4. The van der Waals surface area contributed by atoms with Crippen LogP contribution in [0.15, 0.2) is 29.6 Å². The Hall–Kier alpha value is -1.63. The van der Waals surface area contributed by atoms with E-state index >= 15 is 0 Å². The lowest BCUT2D eigenvalue weighted by molar-refractivity contribution is 0.100. The van der Waals surface area contributed by atoms with Gasteiger partial charge in [-0.1, -0.05) is 6.07 Å². The molecule has 3 rings (SSSR count). The van der Waals surface area contributed by atoms with E-state index in [1.807, 2.05) is 29.6 Å². The lowest BCUT2D eigenvalue weighted by Gasteiger charge is -2.35. The number of carbonyl (C=O) groups excluding carboxylic acids is 1. The number of piperidine rings is 1. The molecular formula is C17H23ClN4OS. The molecule has 7 heteroatoms. The molecule has 24 heavy (non-hydrogen) atoms. The number of anilines is 1. The largest absolute Gasteiger partial charge is 0.365 e. The van der Waals surface area contributed by atoms with Gasteiger partial charge in [-0.25, -0.2) is 4.98 Å². The van der Waals surface area contributed by atoms with E-state index in [1.165, 1.54) is 11.3 Å². The molecule has 2 N–H and O–H groups in total. The van der Waals surface area contributed by atoms with Gasteiger partial charge in [-0.15, -0.1) is 23.7 Å². The summed E-state index contributed by atoms with van der Waals surface area (Å²) in [5, 5.41) is 1.88. The maximum atomic E-state index is 11.5. The van der Waals surface area contributed by atoms with Crippen LogP contribution in [-0.2, 0) is 0 Å². The Morgan fingerprint density at radius 3 is 2.71 bits per heavy atom. The van der Waals surface area contributed by atoms with Gasteiger partial charge in [-0.2, -0.15) is 0 Å². The molecule has 0 spiro atoms. The van der Waals surface area contributed by atoms with Crippen molar-refractivity contribution >= 4 is 35.5 Å². The van der Waals surface area contributed by atoms with Crippen LogP contribution in [0.3, 0.4) is 0 Å². The smallest absolute Gasteiger partial charge is 0.259 e. The van der Waals surface area contributed by atoms with Crippen LogP contribution < -0.4 is 10.6 Å². The van der Waals surface area contributed by atoms with Crippen LogP contribution in [-0.4, -0.2) is 49.0 Å². The molecule has 2 aromatic heterocycles. The summed E-state index contributed by atoms with van der Waals surface area (Å²) >= 11 is 1.36. The first kappa shape index (κ1) is 18.7. The first-order valence-electron chi connectivity index (χ1n) is 7.82. The van der Waals surface area contributed by atoms with Gasteiger partial charge >= 0.3 is 0 Å². The number of amides is 1. The summed E-state index contributed by atoms with van der Waals surface area (Å²) in [6, 6.07) is 8.36. The number of thiophene rings is 1. The number of aromatic nitrogens is 1. The second-order valence-corrected chi connectivity index (χ2v) is 6.97. The highest BCUT2D eigenvalue weighted by Crippen LogP contribution is 2.29. The maximum absolute atomic E-state index is 11.5. The highest BCUT2D eigenvalue weighted by atomic mass is 35.5. The summed E-state index contributed by atoms with van der Waals surface area (Å²) in [5.41, 5.74) is 7.08. The summed E-state index contributed by atoms with van der Waals surface area (Å²) in [6.45, 7) is 2.23. The third-order valence-electron chi connectivity index (χ3n) is 4.50. The normalized spacial score (nSPS) is 15.8. The highest BCUT2D eigenvalue weighted by Gasteiger charge is 2.22. The average Bonchev–Trinajstić information content (AvgIpc) is 3.05. The molecule has 0 aliphatic carbocycles. The molecule has 0 aromatic carbocycles.